The highest BCUT2D eigenvalue weighted by Crippen LogP contribution is 2.23. The van der Waals surface area contributed by atoms with E-state index in [9.17, 15) is 4.79 Å². The molecule has 2 aromatic rings. The molecule has 0 aliphatic carbocycles. The second kappa shape index (κ2) is 9.76. The Morgan fingerprint density at radius 1 is 1.22 bits per heavy atom. The Balaban J connectivity index is 1.37. The number of hydrogen-bond donors (Lipinski definition) is 1. The van der Waals surface area contributed by atoms with Gasteiger partial charge in [-0.05, 0) is 62.9 Å². The number of aryl methyl sites for hydroxylation is 1. The molecule has 148 valence electrons. The van der Waals surface area contributed by atoms with Crippen LogP contribution in [0.4, 0.5) is 0 Å². The van der Waals surface area contributed by atoms with E-state index in [0.717, 1.165) is 49.1 Å². The maximum Gasteiger partial charge on any atom is 0.220 e. The van der Waals surface area contributed by atoms with Crippen LogP contribution >= 0.6 is 0 Å². The average Bonchev–Trinajstić information content (AvgIpc) is 3.28. The van der Waals surface area contributed by atoms with Gasteiger partial charge in [-0.2, -0.15) is 0 Å². The smallest absolute Gasteiger partial charge is 0.220 e. The predicted octanol–water partition coefficient (Wildman–Crippen LogP) is 3.64. The van der Waals surface area contributed by atoms with Crippen molar-refractivity contribution in [2.24, 2.45) is 5.92 Å². The molecule has 0 saturated carbocycles. The third kappa shape index (κ3) is 6.26. The van der Waals surface area contributed by atoms with Gasteiger partial charge in [0.25, 0.3) is 0 Å². The van der Waals surface area contributed by atoms with Crippen LogP contribution in [0, 0.1) is 12.8 Å². The fourth-order valence-electron chi connectivity index (χ4n) is 3.67. The Morgan fingerprint density at radius 3 is 2.81 bits per heavy atom. The van der Waals surface area contributed by atoms with E-state index in [0.29, 0.717) is 25.5 Å². The molecule has 6 nitrogen and oxygen atoms in total. The number of ether oxygens (including phenoxy) is 1. The van der Waals surface area contributed by atoms with Gasteiger partial charge in [-0.1, -0.05) is 0 Å². The summed E-state index contributed by atoms with van der Waals surface area (Å²) in [6.45, 7) is 5.80. The molecule has 27 heavy (non-hydrogen) atoms. The topological polar surface area (TPSA) is 67.8 Å². The van der Waals surface area contributed by atoms with E-state index < -0.39 is 0 Å². The molecule has 0 spiro atoms. The van der Waals surface area contributed by atoms with E-state index >= 15 is 0 Å². The van der Waals surface area contributed by atoms with Gasteiger partial charge in [-0.15, -0.1) is 0 Å². The summed E-state index contributed by atoms with van der Waals surface area (Å²) >= 11 is 0. The summed E-state index contributed by atoms with van der Waals surface area (Å²) in [5.74, 6) is 4.17. The van der Waals surface area contributed by atoms with Gasteiger partial charge in [0.15, 0.2) is 0 Å². The Morgan fingerprint density at radius 2 is 2.04 bits per heavy atom. The highest BCUT2D eigenvalue weighted by Gasteiger charge is 2.21. The normalized spacial score (nSPS) is 17.9. The first-order valence-electron chi connectivity index (χ1n) is 9.73. The summed E-state index contributed by atoms with van der Waals surface area (Å²) in [6, 6.07) is 7.82. The SMILES string of the molecule is COCc1ccc(CN2CCC[C@H](CCC(=O)NCc3ccc(C)o3)C2)o1. The Hall–Kier alpha value is -2.05. The number of hydrogen-bond acceptors (Lipinski definition) is 5. The maximum absolute atomic E-state index is 12.1. The number of amides is 1. The molecule has 1 aliphatic heterocycles. The second-order valence-corrected chi connectivity index (χ2v) is 7.37. The van der Waals surface area contributed by atoms with E-state index in [-0.39, 0.29) is 5.91 Å². The first-order valence-corrected chi connectivity index (χ1v) is 9.73. The van der Waals surface area contributed by atoms with Crippen molar-refractivity contribution in [3.63, 3.8) is 0 Å². The lowest BCUT2D eigenvalue weighted by Crippen LogP contribution is -2.35. The van der Waals surface area contributed by atoms with Gasteiger partial charge in [-0.3, -0.25) is 9.69 Å². The van der Waals surface area contributed by atoms with Crippen LogP contribution in [0.1, 0.15) is 48.7 Å². The predicted molar refractivity (Wildman–Crippen MR) is 102 cm³/mol. The molecule has 2 aromatic heterocycles. The van der Waals surface area contributed by atoms with Crippen molar-refractivity contribution in [1.29, 1.82) is 0 Å². The molecule has 1 amide bonds. The third-order valence-corrected chi connectivity index (χ3v) is 5.02. The Kier molecular flexibility index (Phi) is 7.12. The highest BCUT2D eigenvalue weighted by atomic mass is 16.5. The van der Waals surface area contributed by atoms with Gasteiger partial charge in [0.05, 0.1) is 13.1 Å². The molecule has 3 rings (SSSR count). The number of piperidine rings is 1. The van der Waals surface area contributed by atoms with Crippen LogP contribution in [-0.2, 0) is 29.2 Å². The van der Waals surface area contributed by atoms with Crippen molar-refractivity contribution in [2.45, 2.75) is 52.3 Å². The molecule has 1 aliphatic rings. The molecule has 1 saturated heterocycles. The number of carbonyl (C=O) groups excluding carboxylic acids is 1. The summed E-state index contributed by atoms with van der Waals surface area (Å²) in [6.07, 6.45) is 3.85. The summed E-state index contributed by atoms with van der Waals surface area (Å²) in [5, 5.41) is 2.94. The lowest BCUT2D eigenvalue weighted by atomic mass is 9.93. The summed E-state index contributed by atoms with van der Waals surface area (Å²) in [7, 11) is 1.67. The van der Waals surface area contributed by atoms with Crippen molar-refractivity contribution in [2.75, 3.05) is 20.2 Å². The molecular weight excluding hydrogens is 344 g/mol. The number of carbonyl (C=O) groups is 1. The molecule has 0 bridgehead atoms. The van der Waals surface area contributed by atoms with E-state index in [1.54, 1.807) is 7.11 Å². The molecule has 1 N–H and O–H groups in total. The Labute approximate surface area is 160 Å². The number of methoxy groups -OCH3 is 1. The molecular formula is C21H30N2O4. The third-order valence-electron chi connectivity index (χ3n) is 5.02. The van der Waals surface area contributed by atoms with Gasteiger partial charge in [0.2, 0.25) is 5.91 Å². The monoisotopic (exact) mass is 374 g/mol. The minimum Gasteiger partial charge on any atom is -0.465 e. The summed E-state index contributed by atoms with van der Waals surface area (Å²) < 4.78 is 16.4. The number of nitrogens with zero attached hydrogens (tertiary/aromatic N) is 1. The van der Waals surface area contributed by atoms with Gasteiger partial charge >= 0.3 is 0 Å². The fourth-order valence-corrected chi connectivity index (χ4v) is 3.67. The zero-order valence-corrected chi connectivity index (χ0v) is 16.3. The maximum atomic E-state index is 12.1. The van der Waals surface area contributed by atoms with Gasteiger partial charge in [0, 0.05) is 20.1 Å². The largest absolute Gasteiger partial charge is 0.465 e. The number of likely N-dealkylation sites (tertiary alicyclic amines) is 1. The van der Waals surface area contributed by atoms with Crippen molar-refractivity contribution < 1.29 is 18.4 Å². The molecule has 1 atom stereocenters. The zero-order valence-electron chi connectivity index (χ0n) is 16.3. The lowest BCUT2D eigenvalue weighted by Gasteiger charge is -2.32. The zero-order chi connectivity index (χ0) is 19.1. The van der Waals surface area contributed by atoms with Crippen LogP contribution in [0.2, 0.25) is 0 Å². The number of nitrogens with one attached hydrogen (secondary N) is 1. The molecule has 0 unspecified atom stereocenters. The highest BCUT2D eigenvalue weighted by molar-refractivity contribution is 5.75. The van der Waals surface area contributed by atoms with Crippen LogP contribution in [0.5, 0.6) is 0 Å². The van der Waals surface area contributed by atoms with E-state index in [1.807, 2.05) is 31.2 Å². The standard InChI is InChI=1S/C21H30N2O4/c1-16-5-7-18(26-16)12-22-21(24)10-6-17-4-3-11-23(13-17)14-19-8-9-20(27-19)15-25-2/h5,7-9,17H,3-4,6,10-15H2,1-2H3,(H,22,24)/t17-/m1/s1. The van der Waals surface area contributed by atoms with E-state index in [1.165, 1.54) is 12.8 Å². The van der Waals surface area contributed by atoms with E-state index in [2.05, 4.69) is 10.2 Å². The number of rotatable bonds is 9. The molecule has 3 heterocycles. The molecule has 1 fully saturated rings. The van der Waals surface area contributed by atoms with Gasteiger partial charge < -0.3 is 18.9 Å². The van der Waals surface area contributed by atoms with Crippen molar-refractivity contribution in [3.05, 3.63) is 47.3 Å². The van der Waals surface area contributed by atoms with Crippen LogP contribution in [0.15, 0.2) is 33.1 Å². The van der Waals surface area contributed by atoms with Crippen LogP contribution in [0.3, 0.4) is 0 Å². The quantitative estimate of drug-likeness (QED) is 0.726. The van der Waals surface area contributed by atoms with Gasteiger partial charge in [-0.25, -0.2) is 0 Å². The van der Waals surface area contributed by atoms with Crippen LogP contribution in [-0.4, -0.2) is 31.0 Å². The fraction of sp³-hybridized carbons (Fsp3) is 0.571. The van der Waals surface area contributed by atoms with Crippen LogP contribution in [0.25, 0.3) is 0 Å². The van der Waals surface area contributed by atoms with Crippen molar-refractivity contribution >= 4 is 5.91 Å². The van der Waals surface area contributed by atoms with Crippen molar-refractivity contribution in [3.8, 4) is 0 Å². The molecule has 0 aromatic carbocycles. The average molecular weight is 374 g/mol. The number of furan rings is 2. The first-order chi connectivity index (χ1) is 13.1. The Bertz CT molecular complexity index is 721. The summed E-state index contributed by atoms with van der Waals surface area (Å²) in [4.78, 5) is 14.5. The van der Waals surface area contributed by atoms with Gasteiger partial charge in [0.1, 0.15) is 29.6 Å². The summed E-state index contributed by atoms with van der Waals surface area (Å²) in [5.41, 5.74) is 0. The molecule has 6 heteroatoms. The van der Waals surface area contributed by atoms with Crippen molar-refractivity contribution in [1.82, 2.24) is 10.2 Å². The minimum absolute atomic E-state index is 0.0939. The minimum atomic E-state index is 0.0939. The lowest BCUT2D eigenvalue weighted by molar-refractivity contribution is -0.121. The molecule has 0 radical (unpaired) electrons. The second-order valence-electron chi connectivity index (χ2n) is 7.37. The van der Waals surface area contributed by atoms with E-state index in [4.69, 9.17) is 13.6 Å². The van der Waals surface area contributed by atoms with Crippen LogP contribution < -0.4 is 5.32 Å². The first kappa shape index (κ1) is 19.7.